The van der Waals surface area contributed by atoms with Gasteiger partial charge in [-0.1, -0.05) is 6.92 Å². The number of nitrogens with one attached hydrogen (secondary N) is 1. The Morgan fingerprint density at radius 3 is 2.69 bits per heavy atom. The summed E-state index contributed by atoms with van der Waals surface area (Å²) in [4.78, 5) is 3.73. The van der Waals surface area contributed by atoms with Crippen molar-refractivity contribution in [2.75, 3.05) is 13.1 Å². The first-order chi connectivity index (χ1) is 7.55. The van der Waals surface area contributed by atoms with Crippen molar-refractivity contribution in [2.45, 2.75) is 25.9 Å². The van der Waals surface area contributed by atoms with Gasteiger partial charge in [0.25, 0.3) is 0 Å². The van der Waals surface area contributed by atoms with E-state index < -0.39 is 11.7 Å². The van der Waals surface area contributed by atoms with Gasteiger partial charge >= 0.3 is 6.18 Å². The summed E-state index contributed by atoms with van der Waals surface area (Å²) in [5.74, 6) is 0. The minimum Gasteiger partial charge on any atom is -0.316 e. The minimum absolute atomic E-state index is 0.249. The molecule has 0 atom stereocenters. The second-order valence-corrected chi connectivity index (χ2v) is 3.53. The van der Waals surface area contributed by atoms with Gasteiger partial charge in [-0.2, -0.15) is 13.2 Å². The molecule has 90 valence electrons. The average molecular weight is 232 g/mol. The molecule has 16 heavy (non-hydrogen) atoms. The molecule has 1 rings (SSSR count). The summed E-state index contributed by atoms with van der Waals surface area (Å²) in [6, 6.07) is 1.02. The van der Waals surface area contributed by atoms with Crippen LogP contribution < -0.4 is 5.32 Å². The monoisotopic (exact) mass is 232 g/mol. The van der Waals surface area contributed by atoms with Crippen molar-refractivity contribution < 1.29 is 13.2 Å². The van der Waals surface area contributed by atoms with Gasteiger partial charge in [0, 0.05) is 12.4 Å². The zero-order valence-electron chi connectivity index (χ0n) is 9.14. The first kappa shape index (κ1) is 13.0. The lowest BCUT2D eigenvalue weighted by atomic mass is 10.1. The van der Waals surface area contributed by atoms with Gasteiger partial charge in [0.05, 0.1) is 5.56 Å². The highest BCUT2D eigenvalue weighted by atomic mass is 19.4. The van der Waals surface area contributed by atoms with Gasteiger partial charge in [0.15, 0.2) is 0 Å². The smallest absolute Gasteiger partial charge is 0.316 e. The fourth-order valence-corrected chi connectivity index (χ4v) is 1.43. The van der Waals surface area contributed by atoms with E-state index >= 15 is 0 Å². The second-order valence-electron chi connectivity index (χ2n) is 3.53. The van der Waals surface area contributed by atoms with Gasteiger partial charge in [-0.25, -0.2) is 0 Å². The quantitative estimate of drug-likeness (QED) is 0.789. The molecule has 1 aromatic rings. The molecule has 0 aliphatic rings. The van der Waals surface area contributed by atoms with Crippen LogP contribution >= 0.6 is 0 Å². The molecule has 0 amide bonds. The van der Waals surface area contributed by atoms with Crippen molar-refractivity contribution in [3.63, 3.8) is 0 Å². The van der Waals surface area contributed by atoms with Crippen LogP contribution in [0.4, 0.5) is 13.2 Å². The van der Waals surface area contributed by atoms with Crippen molar-refractivity contribution in [3.05, 3.63) is 29.6 Å². The van der Waals surface area contributed by atoms with E-state index in [-0.39, 0.29) is 5.56 Å². The minimum atomic E-state index is -4.29. The molecular weight excluding hydrogens is 217 g/mol. The van der Waals surface area contributed by atoms with Gasteiger partial charge < -0.3 is 5.32 Å². The molecule has 0 aliphatic heterocycles. The highest BCUT2D eigenvalue weighted by Gasteiger charge is 2.32. The fraction of sp³-hybridized carbons (Fsp3) is 0.545. The highest BCUT2D eigenvalue weighted by molar-refractivity contribution is 5.26. The lowest BCUT2D eigenvalue weighted by Crippen LogP contribution is -2.19. The Morgan fingerprint density at radius 1 is 1.31 bits per heavy atom. The maximum atomic E-state index is 12.6. The summed E-state index contributed by atoms with van der Waals surface area (Å²) in [6.07, 6.45) is -0.507. The number of alkyl halides is 3. The van der Waals surface area contributed by atoms with E-state index in [1.807, 2.05) is 6.92 Å². The number of nitrogens with zero attached hydrogens (tertiary/aromatic N) is 1. The first-order valence-electron chi connectivity index (χ1n) is 5.26. The van der Waals surface area contributed by atoms with Crippen molar-refractivity contribution in [1.29, 1.82) is 0 Å². The van der Waals surface area contributed by atoms with Crippen molar-refractivity contribution in [3.8, 4) is 0 Å². The molecule has 0 aromatic carbocycles. The molecule has 0 fully saturated rings. The maximum absolute atomic E-state index is 12.6. The molecule has 1 heterocycles. The van der Waals surface area contributed by atoms with Gasteiger partial charge in [-0.05, 0) is 37.6 Å². The predicted molar refractivity (Wildman–Crippen MR) is 56.1 cm³/mol. The predicted octanol–water partition coefficient (Wildman–Crippen LogP) is 2.64. The van der Waals surface area contributed by atoms with E-state index in [4.69, 9.17) is 0 Å². The molecule has 0 saturated heterocycles. The fourth-order valence-electron chi connectivity index (χ4n) is 1.43. The lowest BCUT2D eigenvalue weighted by molar-refractivity contribution is -0.138. The third-order valence-electron chi connectivity index (χ3n) is 2.21. The topological polar surface area (TPSA) is 24.9 Å². The van der Waals surface area contributed by atoms with Crippen LogP contribution in [-0.4, -0.2) is 18.1 Å². The normalized spacial score (nSPS) is 11.8. The summed E-state index contributed by atoms with van der Waals surface area (Å²) in [5.41, 5.74) is -0.334. The van der Waals surface area contributed by atoms with Crippen LogP contribution in [0.2, 0.25) is 0 Å². The Hall–Kier alpha value is -1.10. The summed E-state index contributed by atoms with van der Waals surface area (Å²) in [6.45, 7) is 3.38. The van der Waals surface area contributed by atoms with Crippen LogP contribution in [-0.2, 0) is 12.6 Å². The van der Waals surface area contributed by atoms with E-state index in [0.717, 1.165) is 19.0 Å². The third kappa shape index (κ3) is 3.81. The molecule has 0 unspecified atom stereocenters. The molecule has 0 spiro atoms. The van der Waals surface area contributed by atoms with E-state index in [9.17, 15) is 13.2 Å². The van der Waals surface area contributed by atoms with Gasteiger partial charge in [-0.3, -0.25) is 4.98 Å². The highest BCUT2D eigenvalue weighted by Crippen LogP contribution is 2.31. The molecule has 1 aromatic heterocycles. The number of halogens is 3. The third-order valence-corrected chi connectivity index (χ3v) is 2.21. The van der Waals surface area contributed by atoms with Crippen LogP contribution in [0.5, 0.6) is 0 Å². The Balaban J connectivity index is 2.65. The zero-order chi connectivity index (χ0) is 12.0. The molecular formula is C11H15F3N2. The van der Waals surface area contributed by atoms with Crippen LogP contribution in [0.25, 0.3) is 0 Å². The van der Waals surface area contributed by atoms with Crippen molar-refractivity contribution in [1.82, 2.24) is 10.3 Å². The molecule has 1 N–H and O–H groups in total. The Bertz CT molecular complexity index is 323. The van der Waals surface area contributed by atoms with E-state index in [2.05, 4.69) is 10.3 Å². The molecule has 0 bridgehead atoms. The largest absolute Gasteiger partial charge is 0.416 e. The van der Waals surface area contributed by atoms with Gasteiger partial charge in [0.2, 0.25) is 0 Å². The molecule has 5 heteroatoms. The first-order valence-corrected chi connectivity index (χ1v) is 5.26. The van der Waals surface area contributed by atoms with E-state index in [0.29, 0.717) is 13.0 Å². The Morgan fingerprint density at radius 2 is 2.06 bits per heavy atom. The van der Waals surface area contributed by atoms with Crippen LogP contribution in [0, 0.1) is 0 Å². The summed E-state index contributed by atoms with van der Waals surface area (Å²) in [7, 11) is 0. The standard InChI is InChI=1S/C11H15F3N2/c1-2-5-15-6-3-9-8-16-7-4-10(9)11(12,13)14/h4,7-8,15H,2-3,5-6H2,1H3. The van der Waals surface area contributed by atoms with E-state index in [1.165, 1.54) is 12.4 Å². The summed E-state index contributed by atoms with van der Waals surface area (Å²) >= 11 is 0. The number of rotatable bonds is 5. The Labute approximate surface area is 92.9 Å². The number of pyridine rings is 1. The second kappa shape index (κ2) is 5.84. The SMILES string of the molecule is CCCNCCc1cnccc1C(F)(F)F. The molecule has 2 nitrogen and oxygen atoms in total. The van der Waals surface area contributed by atoms with E-state index in [1.54, 1.807) is 0 Å². The van der Waals surface area contributed by atoms with Crippen molar-refractivity contribution >= 4 is 0 Å². The van der Waals surface area contributed by atoms with Crippen molar-refractivity contribution in [2.24, 2.45) is 0 Å². The van der Waals surface area contributed by atoms with Crippen LogP contribution in [0.15, 0.2) is 18.5 Å². The molecule has 0 radical (unpaired) electrons. The molecule has 0 aliphatic carbocycles. The average Bonchev–Trinajstić information content (AvgIpc) is 2.24. The van der Waals surface area contributed by atoms with Crippen LogP contribution in [0.3, 0.4) is 0 Å². The number of aromatic nitrogens is 1. The lowest BCUT2D eigenvalue weighted by Gasteiger charge is -2.12. The summed E-state index contributed by atoms with van der Waals surface area (Å²) < 4.78 is 37.7. The van der Waals surface area contributed by atoms with Gasteiger partial charge in [0.1, 0.15) is 0 Å². The zero-order valence-corrected chi connectivity index (χ0v) is 9.14. The van der Waals surface area contributed by atoms with Gasteiger partial charge in [-0.15, -0.1) is 0 Å². The summed E-state index contributed by atoms with van der Waals surface area (Å²) in [5, 5.41) is 3.07. The Kier molecular flexibility index (Phi) is 4.73. The number of hydrogen-bond donors (Lipinski definition) is 1. The molecule has 0 saturated carbocycles. The maximum Gasteiger partial charge on any atom is 0.416 e. The number of hydrogen-bond acceptors (Lipinski definition) is 2. The van der Waals surface area contributed by atoms with Crippen LogP contribution in [0.1, 0.15) is 24.5 Å².